The van der Waals surface area contributed by atoms with E-state index >= 15 is 0 Å². The molecule has 0 spiro atoms. The van der Waals surface area contributed by atoms with Crippen LogP contribution in [0.3, 0.4) is 0 Å². The highest BCUT2D eigenvalue weighted by molar-refractivity contribution is 5.91. The summed E-state index contributed by atoms with van der Waals surface area (Å²) < 4.78 is 25.7. The Morgan fingerprint density at radius 1 is 0.969 bits per heavy atom. The van der Waals surface area contributed by atoms with Gasteiger partial charge in [0, 0.05) is 12.5 Å². The van der Waals surface area contributed by atoms with Crippen LogP contribution in [0, 0.1) is 0 Å². The number of aryl methyl sites for hydroxylation is 2. The van der Waals surface area contributed by atoms with Gasteiger partial charge in [0.2, 0.25) is 12.5 Å². The van der Waals surface area contributed by atoms with E-state index in [1.165, 1.54) is 16.8 Å². The van der Waals surface area contributed by atoms with Crippen LogP contribution in [0.4, 0.5) is 0 Å². The molecule has 6 rings (SSSR count). The van der Waals surface area contributed by atoms with Crippen LogP contribution in [0.25, 0.3) is 22.0 Å². The summed E-state index contributed by atoms with van der Waals surface area (Å²) in [6, 6.07) is 20.8. The largest absolute Gasteiger partial charge is 0.493 e. The number of nitrogens with zero attached hydrogens (tertiary/aromatic N) is 1. The fourth-order valence-corrected chi connectivity index (χ4v) is 4.65. The minimum atomic E-state index is -0.0998. The average Bonchev–Trinajstić information content (AvgIpc) is 3.30. The Labute approximate surface area is 186 Å². The minimum absolute atomic E-state index is 0.0998. The van der Waals surface area contributed by atoms with Crippen molar-refractivity contribution in [2.24, 2.45) is 0 Å². The first-order valence-corrected chi connectivity index (χ1v) is 10.9. The molecule has 0 radical (unpaired) electrons. The molecule has 0 saturated carbocycles. The molecule has 3 heterocycles. The van der Waals surface area contributed by atoms with E-state index in [9.17, 15) is 0 Å². The van der Waals surface area contributed by atoms with Crippen molar-refractivity contribution >= 4 is 10.8 Å². The molecule has 0 amide bonds. The maximum atomic E-state index is 6.48. The lowest BCUT2D eigenvalue weighted by molar-refractivity contribution is -0.686. The third-order valence-corrected chi connectivity index (χ3v) is 6.36. The summed E-state index contributed by atoms with van der Waals surface area (Å²) in [5.41, 5.74) is 4.78. The summed E-state index contributed by atoms with van der Waals surface area (Å²) in [6.45, 7) is 3.25. The Morgan fingerprint density at radius 2 is 1.78 bits per heavy atom. The SMILES string of the molecule is COc1ccc2cc3[n+](cc2c1OC(C)c1ccccc1)CCc1cc2c(cc1-3)OCO2. The number of fused-ring (bicyclic) bond motifs is 5. The van der Waals surface area contributed by atoms with E-state index in [1.54, 1.807) is 7.11 Å². The van der Waals surface area contributed by atoms with Crippen molar-refractivity contribution in [1.82, 2.24) is 0 Å². The molecule has 160 valence electrons. The van der Waals surface area contributed by atoms with E-state index in [0.29, 0.717) is 0 Å². The zero-order chi connectivity index (χ0) is 21.7. The number of hydrogen-bond donors (Lipinski definition) is 0. The van der Waals surface area contributed by atoms with E-state index < -0.39 is 0 Å². The van der Waals surface area contributed by atoms with Gasteiger partial charge in [-0.2, -0.15) is 4.57 Å². The predicted octanol–water partition coefficient (Wildman–Crippen LogP) is 5.23. The molecule has 3 aromatic carbocycles. The van der Waals surface area contributed by atoms with Gasteiger partial charge in [-0.05, 0) is 47.7 Å². The van der Waals surface area contributed by atoms with Gasteiger partial charge in [0.1, 0.15) is 6.10 Å². The Balaban J connectivity index is 1.47. The van der Waals surface area contributed by atoms with Crippen LogP contribution in [0.5, 0.6) is 23.0 Å². The van der Waals surface area contributed by atoms with Gasteiger partial charge >= 0.3 is 0 Å². The standard InChI is InChI=1S/C27H24NO4/c1-17(18-6-4-3-5-7-18)32-27-22-15-28-11-10-20-13-25-26(31-16-30-25)14-21(20)23(28)12-19(22)8-9-24(27)29-2/h3-9,12-15,17H,10-11,16H2,1-2H3/q+1. The Hall–Kier alpha value is -3.73. The number of hydrogen-bond acceptors (Lipinski definition) is 4. The molecule has 0 aliphatic carbocycles. The summed E-state index contributed by atoms with van der Waals surface area (Å²) in [5, 5.41) is 2.15. The zero-order valence-electron chi connectivity index (χ0n) is 18.1. The second-order valence-electron chi connectivity index (χ2n) is 8.24. The Morgan fingerprint density at radius 3 is 2.59 bits per heavy atom. The number of aromatic nitrogens is 1. The van der Waals surface area contributed by atoms with E-state index in [0.717, 1.165) is 52.3 Å². The van der Waals surface area contributed by atoms with Gasteiger partial charge in [-0.25, -0.2) is 0 Å². The molecule has 0 N–H and O–H groups in total. The van der Waals surface area contributed by atoms with Crippen molar-refractivity contribution in [3.05, 3.63) is 78.0 Å². The minimum Gasteiger partial charge on any atom is -0.493 e. The van der Waals surface area contributed by atoms with Crippen molar-refractivity contribution in [3.8, 4) is 34.3 Å². The zero-order valence-corrected chi connectivity index (χ0v) is 18.1. The van der Waals surface area contributed by atoms with Crippen molar-refractivity contribution in [2.45, 2.75) is 26.0 Å². The highest BCUT2D eigenvalue weighted by Crippen LogP contribution is 2.42. The fraction of sp³-hybridized carbons (Fsp3) is 0.222. The van der Waals surface area contributed by atoms with E-state index in [4.69, 9.17) is 18.9 Å². The molecule has 0 saturated heterocycles. The summed E-state index contributed by atoms with van der Waals surface area (Å²) in [4.78, 5) is 0. The van der Waals surface area contributed by atoms with Gasteiger partial charge in [0.15, 0.2) is 35.7 Å². The molecule has 0 fully saturated rings. The fourth-order valence-electron chi connectivity index (χ4n) is 4.65. The number of rotatable bonds is 4. The summed E-state index contributed by atoms with van der Waals surface area (Å²) in [7, 11) is 1.69. The lowest BCUT2D eigenvalue weighted by Crippen LogP contribution is -2.40. The molecule has 4 aromatic rings. The maximum Gasteiger partial charge on any atom is 0.231 e. The molecule has 2 aliphatic rings. The summed E-state index contributed by atoms with van der Waals surface area (Å²) >= 11 is 0. The summed E-state index contributed by atoms with van der Waals surface area (Å²) in [6.07, 6.45) is 3.03. The van der Waals surface area contributed by atoms with Gasteiger partial charge in [-0.1, -0.05) is 30.3 Å². The number of methoxy groups -OCH3 is 1. The van der Waals surface area contributed by atoms with Crippen molar-refractivity contribution in [3.63, 3.8) is 0 Å². The number of benzene rings is 3. The second kappa shape index (κ2) is 7.45. The second-order valence-corrected chi connectivity index (χ2v) is 8.24. The van der Waals surface area contributed by atoms with Gasteiger partial charge in [-0.15, -0.1) is 0 Å². The lowest BCUT2D eigenvalue weighted by atomic mass is 9.95. The quantitative estimate of drug-likeness (QED) is 0.419. The highest BCUT2D eigenvalue weighted by Gasteiger charge is 2.29. The number of pyridine rings is 1. The molecule has 5 heteroatoms. The van der Waals surface area contributed by atoms with Crippen molar-refractivity contribution in [2.75, 3.05) is 13.9 Å². The lowest BCUT2D eigenvalue weighted by Gasteiger charge is -2.20. The molecule has 2 aliphatic heterocycles. The monoisotopic (exact) mass is 426 g/mol. The van der Waals surface area contributed by atoms with E-state index in [2.05, 4.69) is 54.1 Å². The van der Waals surface area contributed by atoms with Crippen LogP contribution in [0.1, 0.15) is 24.2 Å². The third kappa shape index (κ3) is 3.04. The van der Waals surface area contributed by atoms with E-state index in [1.807, 2.05) is 24.3 Å². The van der Waals surface area contributed by atoms with Crippen LogP contribution in [0.15, 0.2) is 66.9 Å². The van der Waals surface area contributed by atoms with Gasteiger partial charge in [0.25, 0.3) is 0 Å². The van der Waals surface area contributed by atoms with Crippen LogP contribution < -0.4 is 23.5 Å². The topological polar surface area (TPSA) is 40.8 Å². The first-order chi connectivity index (χ1) is 15.7. The van der Waals surface area contributed by atoms with Crippen LogP contribution >= 0.6 is 0 Å². The van der Waals surface area contributed by atoms with Gasteiger partial charge in [0.05, 0.1) is 18.1 Å². The molecule has 32 heavy (non-hydrogen) atoms. The van der Waals surface area contributed by atoms with Crippen LogP contribution in [-0.4, -0.2) is 13.9 Å². The Bertz CT molecular complexity index is 1330. The van der Waals surface area contributed by atoms with Gasteiger partial charge in [-0.3, -0.25) is 0 Å². The first kappa shape index (κ1) is 19.0. The first-order valence-electron chi connectivity index (χ1n) is 10.9. The molecule has 0 bridgehead atoms. The van der Waals surface area contributed by atoms with E-state index in [-0.39, 0.29) is 12.9 Å². The van der Waals surface area contributed by atoms with Crippen molar-refractivity contribution < 1.29 is 23.5 Å². The molecule has 1 atom stereocenters. The molecule has 5 nitrogen and oxygen atoms in total. The van der Waals surface area contributed by atoms with Crippen LogP contribution in [-0.2, 0) is 13.0 Å². The van der Waals surface area contributed by atoms with Gasteiger partial charge < -0.3 is 18.9 Å². The molecular formula is C27H24NO4+. The Kier molecular flexibility index (Phi) is 4.42. The number of ether oxygens (including phenoxy) is 4. The van der Waals surface area contributed by atoms with Crippen LogP contribution in [0.2, 0.25) is 0 Å². The molecule has 1 aromatic heterocycles. The highest BCUT2D eigenvalue weighted by atomic mass is 16.7. The maximum absolute atomic E-state index is 6.48. The third-order valence-electron chi connectivity index (χ3n) is 6.36. The smallest absolute Gasteiger partial charge is 0.231 e. The van der Waals surface area contributed by atoms with Crippen molar-refractivity contribution in [1.29, 1.82) is 0 Å². The summed E-state index contributed by atoms with van der Waals surface area (Å²) in [5.74, 6) is 3.16. The predicted molar refractivity (Wildman–Crippen MR) is 121 cm³/mol. The molecular weight excluding hydrogens is 402 g/mol. The average molecular weight is 426 g/mol. The normalized spacial score (nSPS) is 14.6. The molecule has 1 unspecified atom stereocenters.